The summed E-state index contributed by atoms with van der Waals surface area (Å²) in [6.45, 7) is 2.80. The maximum atomic E-state index is 10.4. The Morgan fingerprint density at radius 3 is 2.76 bits per heavy atom. The van der Waals surface area contributed by atoms with Crippen molar-refractivity contribution < 1.29 is 9.84 Å². The Balaban J connectivity index is 1.92. The summed E-state index contributed by atoms with van der Waals surface area (Å²) in [6.07, 6.45) is 0.509. The van der Waals surface area contributed by atoms with E-state index in [1.807, 2.05) is 24.3 Å². The highest BCUT2D eigenvalue weighted by Gasteiger charge is 2.16. The molecule has 21 heavy (non-hydrogen) atoms. The summed E-state index contributed by atoms with van der Waals surface area (Å²) in [7, 11) is 3.70. The molecular formula is C17H23NO2S. The highest BCUT2D eigenvalue weighted by atomic mass is 32.1. The van der Waals surface area contributed by atoms with Crippen LogP contribution >= 0.6 is 11.3 Å². The fourth-order valence-corrected chi connectivity index (χ4v) is 3.11. The minimum absolute atomic E-state index is 0.393. The van der Waals surface area contributed by atoms with E-state index in [0.717, 1.165) is 17.7 Å². The van der Waals surface area contributed by atoms with Gasteiger partial charge in [-0.1, -0.05) is 18.2 Å². The van der Waals surface area contributed by atoms with Crippen molar-refractivity contribution in [1.82, 2.24) is 4.90 Å². The standard InChI is InChI=1S/C17H23NO2S/c1-13(10-16-8-5-9-21-16)18(2)12-17(19)14-6-4-7-15(11-14)20-3/h4-9,11,13,17,19H,10,12H2,1-3H3. The molecule has 1 N–H and O–H groups in total. The number of hydrogen-bond acceptors (Lipinski definition) is 4. The lowest BCUT2D eigenvalue weighted by Gasteiger charge is -2.27. The molecule has 3 nitrogen and oxygen atoms in total. The summed E-state index contributed by atoms with van der Waals surface area (Å²) in [5, 5.41) is 12.5. The number of methoxy groups -OCH3 is 1. The van der Waals surface area contributed by atoms with Gasteiger partial charge in [-0.2, -0.15) is 0 Å². The number of aliphatic hydroxyl groups excluding tert-OH is 1. The van der Waals surface area contributed by atoms with Gasteiger partial charge in [0.05, 0.1) is 13.2 Å². The Hall–Kier alpha value is -1.36. The quantitative estimate of drug-likeness (QED) is 0.851. The molecule has 0 aliphatic heterocycles. The second-order valence-electron chi connectivity index (χ2n) is 5.36. The summed E-state index contributed by atoms with van der Waals surface area (Å²) >= 11 is 1.78. The molecule has 1 aromatic heterocycles. The molecule has 0 aliphatic rings. The van der Waals surface area contributed by atoms with E-state index in [4.69, 9.17) is 4.74 Å². The van der Waals surface area contributed by atoms with Gasteiger partial charge < -0.3 is 14.7 Å². The van der Waals surface area contributed by atoms with Crippen molar-refractivity contribution in [3.63, 3.8) is 0 Å². The molecule has 0 amide bonds. The minimum atomic E-state index is -0.504. The Bertz CT molecular complexity index is 541. The van der Waals surface area contributed by atoms with Gasteiger partial charge >= 0.3 is 0 Å². The highest BCUT2D eigenvalue weighted by Crippen LogP contribution is 2.21. The first kappa shape index (κ1) is 16.0. The van der Waals surface area contributed by atoms with E-state index in [1.54, 1.807) is 18.4 Å². The lowest BCUT2D eigenvalue weighted by atomic mass is 10.1. The number of nitrogens with zero attached hydrogens (tertiary/aromatic N) is 1. The van der Waals surface area contributed by atoms with Crippen molar-refractivity contribution in [1.29, 1.82) is 0 Å². The van der Waals surface area contributed by atoms with E-state index in [0.29, 0.717) is 12.6 Å². The van der Waals surface area contributed by atoms with Crippen LogP contribution < -0.4 is 4.74 Å². The first-order valence-corrected chi connectivity index (χ1v) is 8.02. The van der Waals surface area contributed by atoms with Crippen molar-refractivity contribution in [2.45, 2.75) is 25.5 Å². The average Bonchev–Trinajstić information content (AvgIpc) is 3.00. The van der Waals surface area contributed by atoms with Gasteiger partial charge in [0.15, 0.2) is 0 Å². The van der Waals surface area contributed by atoms with Gasteiger partial charge in [-0.3, -0.25) is 0 Å². The van der Waals surface area contributed by atoms with E-state index in [1.165, 1.54) is 4.88 Å². The van der Waals surface area contributed by atoms with Crippen LogP contribution in [-0.4, -0.2) is 36.8 Å². The van der Waals surface area contributed by atoms with Crippen LogP contribution in [0.5, 0.6) is 5.75 Å². The zero-order chi connectivity index (χ0) is 15.2. The smallest absolute Gasteiger partial charge is 0.119 e. The molecule has 0 saturated heterocycles. The molecular weight excluding hydrogens is 282 g/mol. The molecule has 2 aromatic rings. The topological polar surface area (TPSA) is 32.7 Å². The van der Waals surface area contributed by atoms with Crippen LogP contribution in [0.2, 0.25) is 0 Å². The number of aliphatic hydroxyl groups is 1. The summed E-state index contributed by atoms with van der Waals surface area (Å²) in [4.78, 5) is 3.58. The van der Waals surface area contributed by atoms with Gasteiger partial charge in [0.1, 0.15) is 5.75 Å². The number of benzene rings is 1. The van der Waals surface area contributed by atoms with Gasteiger partial charge in [-0.05, 0) is 49.5 Å². The summed E-state index contributed by atoms with van der Waals surface area (Å²) in [5.41, 5.74) is 0.893. The predicted octanol–water partition coefficient (Wildman–Crippen LogP) is 3.35. The fraction of sp³-hybridized carbons (Fsp3) is 0.412. The molecule has 2 rings (SSSR count). The predicted molar refractivity (Wildman–Crippen MR) is 88.1 cm³/mol. The maximum absolute atomic E-state index is 10.4. The third kappa shape index (κ3) is 4.56. The molecule has 0 saturated carbocycles. The maximum Gasteiger partial charge on any atom is 0.119 e. The van der Waals surface area contributed by atoms with Crippen molar-refractivity contribution in [2.75, 3.05) is 20.7 Å². The molecule has 0 fully saturated rings. The van der Waals surface area contributed by atoms with E-state index in [-0.39, 0.29) is 0 Å². The first-order valence-electron chi connectivity index (χ1n) is 7.14. The molecule has 1 heterocycles. The van der Waals surface area contributed by atoms with Crippen molar-refractivity contribution in [3.8, 4) is 5.75 Å². The van der Waals surface area contributed by atoms with Crippen molar-refractivity contribution in [2.24, 2.45) is 0 Å². The van der Waals surface area contributed by atoms with Crippen molar-refractivity contribution >= 4 is 11.3 Å². The second-order valence-corrected chi connectivity index (χ2v) is 6.40. The van der Waals surface area contributed by atoms with Crippen molar-refractivity contribution in [3.05, 3.63) is 52.2 Å². The number of thiophene rings is 1. The molecule has 0 radical (unpaired) electrons. The van der Waals surface area contributed by atoms with E-state index >= 15 is 0 Å². The van der Waals surface area contributed by atoms with Crippen LogP contribution in [0.15, 0.2) is 41.8 Å². The number of hydrogen-bond donors (Lipinski definition) is 1. The molecule has 1 aromatic carbocycles. The summed E-state index contributed by atoms with van der Waals surface area (Å²) in [5.74, 6) is 0.779. The third-order valence-corrected chi connectivity index (χ3v) is 4.67. The lowest BCUT2D eigenvalue weighted by molar-refractivity contribution is 0.108. The zero-order valence-electron chi connectivity index (χ0n) is 12.8. The average molecular weight is 305 g/mol. The molecule has 0 spiro atoms. The van der Waals surface area contributed by atoms with Crippen LogP contribution in [-0.2, 0) is 6.42 Å². The fourth-order valence-electron chi connectivity index (χ4n) is 2.28. The molecule has 0 bridgehead atoms. The molecule has 0 aliphatic carbocycles. The monoisotopic (exact) mass is 305 g/mol. The molecule has 4 heteroatoms. The Morgan fingerprint density at radius 1 is 1.29 bits per heavy atom. The summed E-state index contributed by atoms with van der Waals surface area (Å²) < 4.78 is 5.20. The molecule has 2 atom stereocenters. The number of ether oxygens (including phenoxy) is 1. The second kappa shape index (κ2) is 7.59. The normalized spacial score (nSPS) is 14.1. The largest absolute Gasteiger partial charge is 0.497 e. The Kier molecular flexibility index (Phi) is 5.79. The van der Waals surface area contributed by atoms with Gasteiger partial charge in [-0.25, -0.2) is 0 Å². The van der Waals surface area contributed by atoms with Crippen LogP contribution in [0.3, 0.4) is 0 Å². The van der Waals surface area contributed by atoms with Gasteiger partial charge in [0.25, 0.3) is 0 Å². The molecule has 114 valence electrons. The number of rotatable bonds is 7. The van der Waals surface area contributed by atoms with Crippen LogP contribution in [0.25, 0.3) is 0 Å². The Labute approximate surface area is 130 Å². The van der Waals surface area contributed by atoms with Gasteiger partial charge in [-0.15, -0.1) is 11.3 Å². The van der Waals surface area contributed by atoms with E-state index in [9.17, 15) is 5.11 Å². The third-order valence-electron chi connectivity index (χ3n) is 3.77. The van der Waals surface area contributed by atoms with Gasteiger partial charge in [0, 0.05) is 17.5 Å². The SMILES string of the molecule is COc1cccc(C(O)CN(C)C(C)Cc2cccs2)c1. The number of likely N-dealkylation sites (N-methyl/N-ethyl adjacent to an activating group) is 1. The molecule has 2 unspecified atom stereocenters. The van der Waals surface area contributed by atoms with E-state index < -0.39 is 6.10 Å². The van der Waals surface area contributed by atoms with Crippen LogP contribution in [0.1, 0.15) is 23.5 Å². The zero-order valence-corrected chi connectivity index (χ0v) is 13.6. The van der Waals surface area contributed by atoms with E-state index in [2.05, 4.69) is 36.4 Å². The van der Waals surface area contributed by atoms with Gasteiger partial charge in [0.2, 0.25) is 0 Å². The van der Waals surface area contributed by atoms with Crippen LogP contribution in [0, 0.1) is 0 Å². The Morgan fingerprint density at radius 2 is 2.10 bits per heavy atom. The first-order chi connectivity index (χ1) is 10.1. The minimum Gasteiger partial charge on any atom is -0.497 e. The highest BCUT2D eigenvalue weighted by molar-refractivity contribution is 7.09. The lowest BCUT2D eigenvalue weighted by Crippen LogP contribution is -2.34. The van der Waals surface area contributed by atoms with Crippen LogP contribution in [0.4, 0.5) is 0 Å². The summed E-state index contributed by atoms with van der Waals surface area (Å²) in [6, 6.07) is 12.3.